The van der Waals surface area contributed by atoms with Crippen molar-refractivity contribution in [3.8, 4) is 5.75 Å². The first-order valence-corrected chi connectivity index (χ1v) is 6.78. The summed E-state index contributed by atoms with van der Waals surface area (Å²) in [7, 11) is 0.430. The molecule has 14 heavy (non-hydrogen) atoms. The van der Waals surface area contributed by atoms with E-state index in [0.717, 1.165) is 12.4 Å². The average Bonchev–Trinajstić information content (AvgIpc) is 2.23. The number of hydrogen-bond acceptors (Lipinski definition) is 1. The topological polar surface area (TPSA) is 9.23 Å². The van der Waals surface area contributed by atoms with Gasteiger partial charge in [-0.2, -0.15) is 0 Å². The van der Waals surface area contributed by atoms with Crippen molar-refractivity contribution in [3.63, 3.8) is 0 Å². The van der Waals surface area contributed by atoms with Gasteiger partial charge in [0.05, 0.1) is 6.61 Å². The molecule has 0 aliphatic carbocycles. The molecule has 0 fully saturated rings. The summed E-state index contributed by atoms with van der Waals surface area (Å²) in [6, 6.07) is 8.54. The van der Waals surface area contributed by atoms with Gasteiger partial charge in [-0.05, 0) is 45.0 Å². The van der Waals surface area contributed by atoms with Gasteiger partial charge in [0.2, 0.25) is 0 Å². The van der Waals surface area contributed by atoms with E-state index in [0.29, 0.717) is 10.9 Å². The van der Waals surface area contributed by atoms with Gasteiger partial charge < -0.3 is 4.74 Å². The van der Waals surface area contributed by atoms with Gasteiger partial charge in [-0.15, -0.1) is 0 Å². The highest BCUT2D eigenvalue weighted by Gasteiger charge is 2.15. The van der Waals surface area contributed by atoms with Crippen LogP contribution >= 0.6 is 0 Å². The van der Waals surface area contributed by atoms with E-state index in [4.69, 9.17) is 4.74 Å². The molecule has 0 spiro atoms. The Balaban J connectivity index is 2.71. The first kappa shape index (κ1) is 11.4. The van der Waals surface area contributed by atoms with Crippen LogP contribution in [0.15, 0.2) is 29.2 Å². The normalized spacial score (nSPS) is 10.6. The number of rotatable bonds is 5. The van der Waals surface area contributed by atoms with Gasteiger partial charge in [0.25, 0.3) is 0 Å². The number of ether oxygens (including phenoxy) is 1. The molecule has 1 aromatic rings. The Bertz CT molecular complexity index is 252. The zero-order valence-corrected chi connectivity index (χ0v) is 10.1. The minimum Gasteiger partial charge on any atom is -0.494 e. The molecule has 0 bridgehead atoms. The molecule has 0 atom stereocenters. The lowest BCUT2D eigenvalue weighted by atomic mass is 10.3. The van der Waals surface area contributed by atoms with Crippen LogP contribution in [0.4, 0.5) is 0 Å². The third-order valence-corrected chi connectivity index (χ3v) is 4.50. The van der Waals surface area contributed by atoms with Gasteiger partial charge in [-0.25, -0.2) is 0 Å². The molecule has 0 aromatic heterocycles. The van der Waals surface area contributed by atoms with Crippen molar-refractivity contribution in [1.82, 2.24) is 0 Å². The lowest BCUT2D eigenvalue weighted by Gasteiger charge is -2.05. The predicted molar refractivity (Wildman–Crippen MR) is 64.3 cm³/mol. The molecule has 0 radical (unpaired) electrons. The van der Waals surface area contributed by atoms with E-state index < -0.39 is 0 Å². The van der Waals surface area contributed by atoms with Crippen molar-refractivity contribution < 1.29 is 4.74 Å². The molecule has 0 aliphatic rings. The molecule has 0 N–H and O–H groups in total. The van der Waals surface area contributed by atoms with Gasteiger partial charge in [0, 0.05) is 10.9 Å². The largest absolute Gasteiger partial charge is 0.494 e. The van der Waals surface area contributed by atoms with Crippen LogP contribution in [-0.2, 0) is 10.9 Å². The maximum atomic E-state index is 5.41. The van der Waals surface area contributed by atoms with Crippen LogP contribution in [0.2, 0.25) is 0 Å². The van der Waals surface area contributed by atoms with Crippen molar-refractivity contribution in [3.05, 3.63) is 24.3 Å². The maximum absolute atomic E-state index is 5.41. The molecule has 1 aromatic carbocycles. The summed E-state index contributed by atoms with van der Waals surface area (Å²) in [5.41, 5.74) is 0. The van der Waals surface area contributed by atoms with Crippen LogP contribution in [0, 0.1) is 0 Å². The Morgan fingerprint density at radius 3 is 2.00 bits per heavy atom. The van der Waals surface area contributed by atoms with Crippen LogP contribution in [0.3, 0.4) is 0 Å². The molecule has 0 unspecified atom stereocenters. The zero-order valence-electron chi connectivity index (χ0n) is 9.25. The highest BCUT2D eigenvalue weighted by molar-refractivity contribution is 7.96. The van der Waals surface area contributed by atoms with Gasteiger partial charge in [0.15, 0.2) is 4.90 Å². The Kier molecular flexibility index (Phi) is 4.88. The standard InChI is InChI=1S/C12H19OS/c1-4-13-11-7-9-12(10-8-11)14(5-2)6-3/h7-10H,4-6H2,1-3H3/q+1. The fourth-order valence-electron chi connectivity index (χ4n) is 1.43. The summed E-state index contributed by atoms with van der Waals surface area (Å²) in [5.74, 6) is 3.46. The van der Waals surface area contributed by atoms with Gasteiger partial charge in [-0.3, -0.25) is 0 Å². The van der Waals surface area contributed by atoms with Crippen LogP contribution in [0.25, 0.3) is 0 Å². The van der Waals surface area contributed by atoms with Crippen molar-refractivity contribution in [2.75, 3.05) is 18.1 Å². The second-order valence-corrected chi connectivity index (χ2v) is 5.59. The summed E-state index contributed by atoms with van der Waals surface area (Å²) in [6.45, 7) is 7.26. The van der Waals surface area contributed by atoms with Gasteiger partial charge in [0.1, 0.15) is 17.3 Å². The van der Waals surface area contributed by atoms with Gasteiger partial charge >= 0.3 is 0 Å². The van der Waals surface area contributed by atoms with Crippen LogP contribution < -0.4 is 4.74 Å². The van der Waals surface area contributed by atoms with E-state index in [2.05, 4.69) is 38.1 Å². The highest BCUT2D eigenvalue weighted by atomic mass is 32.2. The SMILES string of the molecule is CCOc1ccc([S+](CC)CC)cc1. The third kappa shape index (κ3) is 2.95. The first-order valence-electron chi connectivity index (χ1n) is 5.22. The quantitative estimate of drug-likeness (QED) is 0.680. The number of hydrogen-bond donors (Lipinski definition) is 0. The Hall–Kier alpha value is -0.630. The molecule has 0 amide bonds. The molecule has 0 aliphatic heterocycles. The summed E-state index contributed by atoms with van der Waals surface area (Å²) in [5, 5.41) is 0. The molecule has 2 heteroatoms. The monoisotopic (exact) mass is 211 g/mol. The predicted octanol–water partition coefficient (Wildman–Crippen LogP) is 3.10. The Labute approximate surface area is 89.8 Å². The summed E-state index contributed by atoms with van der Waals surface area (Å²) >= 11 is 0. The second-order valence-electron chi connectivity index (χ2n) is 2.97. The van der Waals surface area contributed by atoms with E-state index in [1.54, 1.807) is 0 Å². The van der Waals surface area contributed by atoms with Crippen LogP contribution in [0.1, 0.15) is 20.8 Å². The Morgan fingerprint density at radius 2 is 1.57 bits per heavy atom. The zero-order chi connectivity index (χ0) is 10.4. The van der Waals surface area contributed by atoms with Crippen molar-refractivity contribution in [1.29, 1.82) is 0 Å². The highest BCUT2D eigenvalue weighted by Crippen LogP contribution is 2.18. The summed E-state index contributed by atoms with van der Waals surface area (Å²) in [4.78, 5) is 1.46. The smallest absolute Gasteiger partial charge is 0.155 e. The van der Waals surface area contributed by atoms with Crippen LogP contribution in [-0.4, -0.2) is 18.1 Å². The molecule has 1 rings (SSSR count). The molecule has 0 saturated carbocycles. The van der Waals surface area contributed by atoms with E-state index >= 15 is 0 Å². The fraction of sp³-hybridized carbons (Fsp3) is 0.500. The van der Waals surface area contributed by atoms with E-state index in [9.17, 15) is 0 Å². The minimum atomic E-state index is 0.430. The van der Waals surface area contributed by atoms with E-state index in [-0.39, 0.29) is 0 Å². The first-order chi connectivity index (χ1) is 6.81. The molecule has 1 nitrogen and oxygen atoms in total. The van der Waals surface area contributed by atoms with Crippen molar-refractivity contribution >= 4 is 10.9 Å². The Morgan fingerprint density at radius 1 is 1.00 bits per heavy atom. The molecular weight excluding hydrogens is 192 g/mol. The maximum Gasteiger partial charge on any atom is 0.155 e. The number of benzene rings is 1. The molecule has 78 valence electrons. The minimum absolute atomic E-state index is 0.430. The lowest BCUT2D eigenvalue weighted by Crippen LogP contribution is -2.07. The van der Waals surface area contributed by atoms with E-state index in [1.165, 1.54) is 16.4 Å². The molecule has 0 heterocycles. The molecular formula is C12H19OS+. The summed E-state index contributed by atoms with van der Waals surface area (Å²) < 4.78 is 5.41. The average molecular weight is 211 g/mol. The van der Waals surface area contributed by atoms with Crippen molar-refractivity contribution in [2.45, 2.75) is 25.7 Å². The van der Waals surface area contributed by atoms with Gasteiger partial charge in [-0.1, -0.05) is 0 Å². The second kappa shape index (κ2) is 5.97. The van der Waals surface area contributed by atoms with E-state index in [1.807, 2.05) is 6.92 Å². The summed E-state index contributed by atoms with van der Waals surface area (Å²) in [6.07, 6.45) is 0. The lowest BCUT2D eigenvalue weighted by molar-refractivity contribution is 0.340. The molecule has 0 saturated heterocycles. The van der Waals surface area contributed by atoms with Crippen molar-refractivity contribution in [2.24, 2.45) is 0 Å². The van der Waals surface area contributed by atoms with Crippen LogP contribution in [0.5, 0.6) is 5.75 Å². The third-order valence-electron chi connectivity index (χ3n) is 2.16. The fourth-order valence-corrected chi connectivity index (χ4v) is 3.03.